The molecule has 0 bridgehead atoms. The van der Waals surface area contributed by atoms with Gasteiger partial charge in [0.1, 0.15) is 6.33 Å². The van der Waals surface area contributed by atoms with Crippen LogP contribution in [0.1, 0.15) is 19.4 Å². The number of benzene rings is 1. The van der Waals surface area contributed by atoms with Gasteiger partial charge in [0.15, 0.2) is 5.76 Å². The zero-order valence-corrected chi connectivity index (χ0v) is 11.2. The van der Waals surface area contributed by atoms with Gasteiger partial charge in [0.25, 0.3) is 0 Å². The van der Waals surface area contributed by atoms with Gasteiger partial charge in [0.2, 0.25) is 0 Å². The summed E-state index contributed by atoms with van der Waals surface area (Å²) < 4.78 is 39.8. The molecule has 0 fully saturated rings. The molecule has 0 N–H and O–H groups in total. The fourth-order valence-electron chi connectivity index (χ4n) is 1.26. The first kappa shape index (κ1) is 14.9. The number of phosphoric acid groups is 1. The lowest BCUT2D eigenvalue weighted by Gasteiger charge is -2.18. The second-order valence-electron chi connectivity index (χ2n) is 3.21. The minimum absolute atomic E-state index is 0.144. The molecule has 0 saturated heterocycles. The van der Waals surface area contributed by atoms with Gasteiger partial charge in [-0.1, -0.05) is 30.3 Å². The minimum atomic E-state index is -3.77. The molecule has 0 aliphatic rings. The molecule has 0 saturated carbocycles. The van der Waals surface area contributed by atoms with Crippen LogP contribution in [-0.4, -0.2) is 13.2 Å². The van der Waals surface area contributed by atoms with Gasteiger partial charge < -0.3 is 4.52 Å². The average molecular weight is 274 g/mol. The molecule has 1 rings (SSSR count). The van der Waals surface area contributed by atoms with Gasteiger partial charge >= 0.3 is 7.82 Å². The molecular formula is C12H16FO4P. The predicted molar refractivity (Wildman–Crippen MR) is 67.5 cm³/mol. The van der Waals surface area contributed by atoms with Crippen LogP contribution in [0.3, 0.4) is 0 Å². The highest BCUT2D eigenvalue weighted by atomic mass is 31.2. The fraction of sp³-hybridized carbons (Fsp3) is 0.333. The third-order valence-electron chi connectivity index (χ3n) is 1.94. The first-order valence-electron chi connectivity index (χ1n) is 5.59. The van der Waals surface area contributed by atoms with Gasteiger partial charge in [-0.05, 0) is 13.8 Å². The summed E-state index contributed by atoms with van der Waals surface area (Å²) in [5, 5.41) is 0. The van der Waals surface area contributed by atoms with E-state index in [2.05, 4.69) is 0 Å². The Morgan fingerprint density at radius 3 is 2.22 bits per heavy atom. The lowest BCUT2D eigenvalue weighted by atomic mass is 10.2. The largest absolute Gasteiger partial charge is 0.530 e. The van der Waals surface area contributed by atoms with Crippen LogP contribution in [-0.2, 0) is 18.1 Å². The van der Waals surface area contributed by atoms with E-state index >= 15 is 0 Å². The van der Waals surface area contributed by atoms with Crippen molar-refractivity contribution >= 4 is 13.6 Å². The van der Waals surface area contributed by atoms with Crippen LogP contribution in [0.25, 0.3) is 5.76 Å². The molecule has 0 aromatic heterocycles. The van der Waals surface area contributed by atoms with Crippen molar-refractivity contribution < 1.29 is 22.5 Å². The molecule has 0 aliphatic carbocycles. The van der Waals surface area contributed by atoms with Crippen molar-refractivity contribution in [1.82, 2.24) is 0 Å². The number of hydrogen-bond donors (Lipinski definition) is 0. The Morgan fingerprint density at radius 2 is 1.78 bits per heavy atom. The molecule has 0 heterocycles. The molecule has 0 amide bonds. The Bertz CT molecular complexity index is 423. The van der Waals surface area contributed by atoms with E-state index in [4.69, 9.17) is 13.6 Å². The van der Waals surface area contributed by atoms with Crippen LogP contribution in [0.5, 0.6) is 0 Å². The molecule has 4 nitrogen and oxygen atoms in total. The van der Waals surface area contributed by atoms with Crippen LogP contribution in [0.4, 0.5) is 4.39 Å². The van der Waals surface area contributed by atoms with Crippen molar-refractivity contribution in [3.63, 3.8) is 0 Å². The van der Waals surface area contributed by atoms with Crippen LogP contribution in [0, 0.1) is 0 Å². The second-order valence-corrected chi connectivity index (χ2v) is 4.81. The summed E-state index contributed by atoms with van der Waals surface area (Å²) in [6, 6.07) is 8.48. The summed E-state index contributed by atoms with van der Waals surface area (Å²) in [5.74, 6) is -0.180. The Balaban J connectivity index is 2.88. The van der Waals surface area contributed by atoms with E-state index in [1.807, 2.05) is 0 Å². The predicted octanol–water partition coefficient (Wildman–Crippen LogP) is 4.15. The molecule has 1 aromatic carbocycles. The number of phosphoric ester groups is 1. The molecule has 18 heavy (non-hydrogen) atoms. The molecule has 0 atom stereocenters. The molecule has 1 aromatic rings. The highest BCUT2D eigenvalue weighted by Gasteiger charge is 2.28. The topological polar surface area (TPSA) is 44.8 Å². The molecule has 6 heteroatoms. The summed E-state index contributed by atoms with van der Waals surface area (Å²) in [7, 11) is -3.77. The quantitative estimate of drug-likeness (QED) is 0.553. The van der Waals surface area contributed by atoms with E-state index in [0.29, 0.717) is 5.56 Å². The number of hydrogen-bond acceptors (Lipinski definition) is 4. The van der Waals surface area contributed by atoms with Gasteiger partial charge in [-0.15, -0.1) is 0 Å². The summed E-state index contributed by atoms with van der Waals surface area (Å²) >= 11 is 0. The highest BCUT2D eigenvalue weighted by molar-refractivity contribution is 7.48. The van der Waals surface area contributed by atoms with Gasteiger partial charge in [-0.25, -0.2) is 8.96 Å². The Kier molecular flexibility index (Phi) is 6.05. The normalized spacial score (nSPS) is 12.5. The Morgan fingerprint density at radius 1 is 1.22 bits per heavy atom. The maximum absolute atomic E-state index is 12.8. The van der Waals surface area contributed by atoms with Crippen molar-refractivity contribution in [2.75, 3.05) is 13.2 Å². The molecule has 0 aliphatic heterocycles. The minimum Gasteiger partial charge on any atom is -0.401 e. The molecular weight excluding hydrogens is 258 g/mol. The van der Waals surface area contributed by atoms with E-state index in [0.717, 1.165) is 0 Å². The van der Waals surface area contributed by atoms with Crippen molar-refractivity contribution in [1.29, 1.82) is 0 Å². The Hall–Kier alpha value is -1.16. The lowest BCUT2D eigenvalue weighted by molar-refractivity contribution is 0.159. The van der Waals surface area contributed by atoms with Crippen molar-refractivity contribution in [2.45, 2.75) is 13.8 Å². The summed E-state index contributed by atoms with van der Waals surface area (Å²) in [6.45, 7) is 3.59. The zero-order chi connectivity index (χ0) is 13.4. The number of halogens is 1. The van der Waals surface area contributed by atoms with Gasteiger partial charge in [-0.2, -0.15) is 0 Å². The van der Waals surface area contributed by atoms with Gasteiger partial charge in [0.05, 0.1) is 13.2 Å². The third kappa shape index (κ3) is 4.26. The SMILES string of the molecule is CCOP(=O)(OCC)OC(=CF)c1ccccc1. The van der Waals surface area contributed by atoms with E-state index in [1.54, 1.807) is 44.2 Å². The highest BCUT2D eigenvalue weighted by Crippen LogP contribution is 2.52. The van der Waals surface area contributed by atoms with Crippen LogP contribution >= 0.6 is 7.82 Å². The first-order chi connectivity index (χ1) is 8.65. The third-order valence-corrected chi connectivity index (χ3v) is 3.51. The van der Waals surface area contributed by atoms with Crippen molar-refractivity contribution in [3.8, 4) is 0 Å². The average Bonchev–Trinajstić information content (AvgIpc) is 2.38. The van der Waals surface area contributed by atoms with E-state index < -0.39 is 7.82 Å². The van der Waals surface area contributed by atoms with Crippen LogP contribution in [0.15, 0.2) is 36.7 Å². The van der Waals surface area contributed by atoms with E-state index in [-0.39, 0.29) is 25.3 Å². The van der Waals surface area contributed by atoms with Gasteiger partial charge in [-0.3, -0.25) is 9.05 Å². The monoisotopic (exact) mass is 274 g/mol. The maximum atomic E-state index is 12.8. The van der Waals surface area contributed by atoms with Crippen LogP contribution in [0.2, 0.25) is 0 Å². The van der Waals surface area contributed by atoms with Crippen molar-refractivity contribution in [2.24, 2.45) is 0 Å². The summed E-state index contributed by atoms with van der Waals surface area (Å²) in [4.78, 5) is 0. The maximum Gasteiger partial charge on any atom is 0.530 e. The fourth-order valence-corrected chi connectivity index (χ4v) is 2.46. The van der Waals surface area contributed by atoms with E-state index in [9.17, 15) is 8.96 Å². The molecule has 0 radical (unpaired) electrons. The lowest BCUT2D eigenvalue weighted by Crippen LogP contribution is -2.00. The Labute approximate surface area is 106 Å². The van der Waals surface area contributed by atoms with Gasteiger partial charge in [0, 0.05) is 5.56 Å². The van der Waals surface area contributed by atoms with E-state index in [1.165, 1.54) is 0 Å². The number of rotatable bonds is 7. The first-order valence-corrected chi connectivity index (χ1v) is 7.05. The molecule has 0 unspecified atom stereocenters. The smallest absolute Gasteiger partial charge is 0.401 e. The summed E-state index contributed by atoms with van der Waals surface area (Å²) in [6.07, 6.45) is 0.236. The second kappa shape index (κ2) is 7.31. The van der Waals surface area contributed by atoms with Crippen molar-refractivity contribution in [3.05, 3.63) is 42.2 Å². The molecule has 0 spiro atoms. The zero-order valence-electron chi connectivity index (χ0n) is 10.3. The van der Waals surface area contributed by atoms with Crippen LogP contribution < -0.4 is 0 Å². The standard InChI is InChI=1S/C12H16FO4P/c1-3-15-18(14,16-4-2)17-12(10-13)11-8-6-5-7-9-11/h5-10H,3-4H2,1-2H3. The molecule has 100 valence electrons. The summed E-state index contributed by atoms with van der Waals surface area (Å²) in [5.41, 5.74) is 0.458.